The maximum Gasteiger partial charge on any atom is 0.305 e. The quantitative estimate of drug-likeness (QED) is 0.238. The summed E-state index contributed by atoms with van der Waals surface area (Å²) in [4.78, 5) is 40.6. The number of aromatic hydroxyl groups is 1. The number of phenolic OH excluding ortho intramolecular Hbond substituents is 1. The van der Waals surface area contributed by atoms with Crippen molar-refractivity contribution in [2.45, 2.75) is 31.6 Å². The molecule has 198 valence electrons. The van der Waals surface area contributed by atoms with Gasteiger partial charge in [-0.1, -0.05) is 17.7 Å². The summed E-state index contributed by atoms with van der Waals surface area (Å²) >= 11 is 6.04. The molecular weight excluding hydrogens is 506 g/mol. The summed E-state index contributed by atoms with van der Waals surface area (Å²) in [7, 11) is 0. The number of carbonyl (C=O) groups is 3. The van der Waals surface area contributed by atoms with Crippen LogP contribution in [-0.2, 0) is 9.59 Å². The van der Waals surface area contributed by atoms with Gasteiger partial charge in [0.1, 0.15) is 11.9 Å². The van der Waals surface area contributed by atoms with Crippen LogP contribution in [0.4, 0.5) is 5.69 Å². The van der Waals surface area contributed by atoms with E-state index in [0.29, 0.717) is 17.2 Å². The number of halogens is 1. The summed E-state index contributed by atoms with van der Waals surface area (Å²) in [6, 6.07) is 8.17. The molecule has 13 heteroatoms. The number of nitrogens with zero attached hydrogens (tertiary/aromatic N) is 1. The zero-order valence-electron chi connectivity index (χ0n) is 19.9. The topological polar surface area (TPSA) is 193 Å². The third-order valence-corrected chi connectivity index (χ3v) is 5.76. The number of carbonyl (C=O) groups excluding carboxylic acids is 2. The number of aliphatic carboxylic acids is 1. The molecule has 0 bridgehead atoms. The molecule has 8 N–H and O–H groups in total. The highest BCUT2D eigenvalue weighted by molar-refractivity contribution is 6.30. The van der Waals surface area contributed by atoms with E-state index in [9.17, 15) is 34.8 Å². The summed E-state index contributed by atoms with van der Waals surface area (Å²) in [5, 5.41) is 50.1. The van der Waals surface area contributed by atoms with E-state index in [-0.39, 0.29) is 35.0 Å². The molecule has 12 nitrogen and oxygen atoms in total. The molecule has 2 aromatic carbocycles. The monoisotopic (exact) mass is 533 g/mol. The number of hydrogen-bond donors (Lipinski definition) is 8. The molecule has 2 unspecified atom stereocenters. The summed E-state index contributed by atoms with van der Waals surface area (Å²) in [5.41, 5.74) is 1.31. The number of β-amino-alcohol motifs (C(OH)–C–C–N with tert-alkyl or cyclic N) is 1. The normalized spacial score (nSPS) is 18.0. The first-order valence-electron chi connectivity index (χ1n) is 11.3. The molecule has 1 heterocycles. The van der Waals surface area contributed by atoms with Crippen molar-refractivity contribution in [1.29, 1.82) is 0 Å². The molecule has 3 atom stereocenters. The van der Waals surface area contributed by atoms with Crippen LogP contribution in [0.2, 0.25) is 5.02 Å². The number of hydrogen-bond acceptors (Lipinski definition) is 9. The van der Waals surface area contributed by atoms with Gasteiger partial charge in [-0.2, -0.15) is 0 Å². The highest BCUT2D eigenvalue weighted by Crippen LogP contribution is 2.32. The van der Waals surface area contributed by atoms with Gasteiger partial charge in [0.25, 0.3) is 5.91 Å². The number of rotatable bonds is 8. The van der Waals surface area contributed by atoms with Crippen LogP contribution in [0.1, 0.15) is 33.9 Å². The molecule has 1 aliphatic heterocycles. The van der Waals surface area contributed by atoms with Gasteiger partial charge in [0.2, 0.25) is 5.91 Å². The lowest BCUT2D eigenvalue weighted by molar-refractivity contribution is -0.137. The lowest BCUT2D eigenvalue weighted by atomic mass is 10.00. The fourth-order valence-electron chi connectivity index (χ4n) is 3.61. The number of aliphatic hydroxyl groups excluding tert-OH is 2. The predicted octanol–water partition coefficient (Wildman–Crippen LogP) is 0.509. The van der Waals surface area contributed by atoms with Crippen molar-refractivity contribution < 1.29 is 34.8 Å². The van der Waals surface area contributed by atoms with E-state index in [1.807, 2.05) is 0 Å². The molecule has 0 aromatic heterocycles. The predicted molar refractivity (Wildman–Crippen MR) is 136 cm³/mol. The maximum absolute atomic E-state index is 12.6. The highest BCUT2D eigenvalue weighted by atomic mass is 35.5. The van der Waals surface area contributed by atoms with E-state index in [1.165, 1.54) is 24.3 Å². The van der Waals surface area contributed by atoms with E-state index >= 15 is 0 Å². The molecule has 2 amide bonds. The standard InChI is InChI=1S/C24H28ClN5O7/c1-12-5-14(25)7-16(22(12)36)17(8-21(34)35)30-20(33)11-26-23(37)13-3-2-4-15(6-13)29-24-27-9-18(31)19(32)10-28-24/h2-7,17-19,31-32,36H,8-11H2,1H3,(H,26,37)(H,30,33)(H,34,35)(H2,27,28,29)/t17-,18?,19?/m1/s1. The SMILES string of the molecule is Cc1cc(Cl)cc([C@@H](CC(=O)O)NC(=O)CNC(=O)c2cccc(NC3=NCC(O)C(O)CN3)c2)c1O. The molecule has 0 radical (unpaired) electrons. The van der Waals surface area contributed by atoms with Crippen LogP contribution < -0.4 is 21.3 Å². The fourth-order valence-corrected chi connectivity index (χ4v) is 3.89. The summed E-state index contributed by atoms with van der Waals surface area (Å²) in [6.07, 6.45) is -2.46. The van der Waals surface area contributed by atoms with E-state index in [2.05, 4.69) is 26.3 Å². The third kappa shape index (κ3) is 7.81. The molecular formula is C24H28ClN5O7. The molecule has 2 aromatic rings. The number of benzene rings is 2. The Morgan fingerprint density at radius 3 is 2.68 bits per heavy atom. The number of aliphatic imine (C=N–C) groups is 1. The number of nitrogens with one attached hydrogen (secondary N) is 4. The minimum atomic E-state index is -1.20. The Morgan fingerprint density at radius 2 is 1.95 bits per heavy atom. The van der Waals surface area contributed by atoms with Crippen LogP contribution in [0.5, 0.6) is 5.75 Å². The molecule has 37 heavy (non-hydrogen) atoms. The first-order chi connectivity index (χ1) is 17.5. The van der Waals surface area contributed by atoms with Gasteiger partial charge < -0.3 is 41.7 Å². The van der Waals surface area contributed by atoms with E-state index < -0.39 is 49.0 Å². The minimum Gasteiger partial charge on any atom is -0.507 e. The number of guanidine groups is 1. The van der Waals surface area contributed by atoms with E-state index in [1.54, 1.807) is 19.1 Å². The first-order valence-corrected chi connectivity index (χ1v) is 11.7. The summed E-state index contributed by atoms with van der Waals surface area (Å²) < 4.78 is 0. The number of anilines is 1. The van der Waals surface area contributed by atoms with Crippen LogP contribution in [0, 0.1) is 6.92 Å². The van der Waals surface area contributed by atoms with Crippen LogP contribution >= 0.6 is 11.6 Å². The van der Waals surface area contributed by atoms with Crippen LogP contribution in [-0.4, -0.2) is 76.0 Å². The molecule has 0 saturated carbocycles. The zero-order chi connectivity index (χ0) is 27.1. The molecule has 0 aliphatic carbocycles. The molecule has 0 spiro atoms. The summed E-state index contributed by atoms with van der Waals surface area (Å²) in [5.74, 6) is -2.29. The smallest absolute Gasteiger partial charge is 0.305 e. The largest absolute Gasteiger partial charge is 0.507 e. The number of amides is 2. The Hall–Kier alpha value is -3.87. The lowest BCUT2D eigenvalue weighted by Crippen LogP contribution is -2.39. The van der Waals surface area contributed by atoms with Gasteiger partial charge in [-0.3, -0.25) is 19.4 Å². The van der Waals surface area contributed by atoms with Crippen LogP contribution in [0.25, 0.3) is 0 Å². The van der Waals surface area contributed by atoms with Gasteiger partial charge >= 0.3 is 5.97 Å². The Kier molecular flexibility index (Phi) is 9.28. The average Bonchev–Trinajstić information content (AvgIpc) is 3.00. The minimum absolute atomic E-state index is 0.00118. The van der Waals surface area contributed by atoms with Crippen molar-refractivity contribution >= 4 is 41.0 Å². The van der Waals surface area contributed by atoms with Crippen LogP contribution in [0.15, 0.2) is 41.4 Å². The van der Waals surface area contributed by atoms with Gasteiger partial charge in [-0.15, -0.1) is 0 Å². The van der Waals surface area contributed by atoms with Crippen molar-refractivity contribution in [3.63, 3.8) is 0 Å². The zero-order valence-corrected chi connectivity index (χ0v) is 20.6. The second-order valence-electron chi connectivity index (χ2n) is 8.47. The second kappa shape index (κ2) is 12.4. The first kappa shape index (κ1) is 27.7. The Morgan fingerprint density at radius 1 is 1.19 bits per heavy atom. The number of aliphatic hydroxyl groups is 2. The van der Waals surface area contributed by atoms with Crippen LogP contribution in [0.3, 0.4) is 0 Å². The van der Waals surface area contributed by atoms with Crippen molar-refractivity contribution in [3.8, 4) is 5.75 Å². The molecule has 1 aliphatic rings. The molecule has 0 saturated heterocycles. The number of carboxylic acids is 1. The van der Waals surface area contributed by atoms with Gasteiger partial charge in [0, 0.05) is 28.4 Å². The average molecular weight is 534 g/mol. The van der Waals surface area contributed by atoms with E-state index in [0.717, 1.165) is 0 Å². The molecule has 3 rings (SSSR count). The second-order valence-corrected chi connectivity index (χ2v) is 8.91. The van der Waals surface area contributed by atoms with Crippen molar-refractivity contribution in [2.24, 2.45) is 4.99 Å². The van der Waals surface area contributed by atoms with Crippen molar-refractivity contribution in [2.75, 3.05) is 25.0 Å². The number of aryl methyl sites for hydroxylation is 1. The highest BCUT2D eigenvalue weighted by Gasteiger charge is 2.23. The number of phenols is 1. The third-order valence-electron chi connectivity index (χ3n) is 5.54. The van der Waals surface area contributed by atoms with Crippen molar-refractivity contribution in [1.82, 2.24) is 16.0 Å². The van der Waals surface area contributed by atoms with Gasteiger partial charge in [-0.05, 0) is 42.8 Å². The summed E-state index contributed by atoms with van der Waals surface area (Å²) in [6.45, 7) is 1.24. The number of carboxylic acid groups (broad SMARTS) is 1. The fraction of sp³-hybridized carbons (Fsp3) is 0.333. The lowest BCUT2D eigenvalue weighted by Gasteiger charge is -2.20. The van der Waals surface area contributed by atoms with Gasteiger partial charge in [0.15, 0.2) is 5.96 Å². The molecule has 0 fully saturated rings. The Balaban J connectivity index is 1.62. The van der Waals surface area contributed by atoms with Gasteiger partial charge in [0.05, 0.1) is 31.7 Å². The maximum atomic E-state index is 12.6. The van der Waals surface area contributed by atoms with Gasteiger partial charge in [-0.25, -0.2) is 0 Å². The van der Waals surface area contributed by atoms with Crippen molar-refractivity contribution in [3.05, 3.63) is 58.1 Å². The Bertz CT molecular complexity index is 1210. The van der Waals surface area contributed by atoms with E-state index in [4.69, 9.17) is 11.6 Å². The Labute approximate surface area is 217 Å².